The third-order valence-electron chi connectivity index (χ3n) is 2.05. The minimum Gasteiger partial charge on any atom is -0.345 e. The first kappa shape index (κ1) is 12.6. The first-order valence-electron chi connectivity index (χ1n) is 4.56. The van der Waals surface area contributed by atoms with E-state index in [9.17, 15) is 0 Å². The van der Waals surface area contributed by atoms with Gasteiger partial charge in [0.25, 0.3) is 0 Å². The van der Waals surface area contributed by atoms with Gasteiger partial charge in [-0.15, -0.1) is 11.6 Å². The van der Waals surface area contributed by atoms with Crippen LogP contribution in [0.1, 0.15) is 5.56 Å². The summed E-state index contributed by atoms with van der Waals surface area (Å²) in [7, 11) is 0. The number of hydrogen-bond donors (Lipinski definition) is 0. The SMILES string of the molecule is N#CCN(CC#N)c1ccc(Cl)cc1CCl. The van der Waals surface area contributed by atoms with Gasteiger partial charge in [-0.05, 0) is 23.8 Å². The van der Waals surface area contributed by atoms with Gasteiger partial charge < -0.3 is 4.90 Å². The van der Waals surface area contributed by atoms with Crippen LogP contribution in [0.5, 0.6) is 0 Å². The minimum absolute atomic E-state index is 0.152. The molecule has 0 saturated heterocycles. The predicted octanol–water partition coefficient (Wildman–Crippen LogP) is 2.93. The van der Waals surface area contributed by atoms with E-state index in [0.29, 0.717) is 10.9 Å². The van der Waals surface area contributed by atoms with Gasteiger partial charge in [-0.2, -0.15) is 10.5 Å². The lowest BCUT2D eigenvalue weighted by atomic mass is 10.2. The molecular weight excluding hydrogens is 245 g/mol. The average Bonchev–Trinajstić information content (AvgIpc) is 2.28. The van der Waals surface area contributed by atoms with Crippen LogP contribution in [0.15, 0.2) is 18.2 Å². The van der Waals surface area contributed by atoms with E-state index in [2.05, 4.69) is 0 Å². The van der Waals surface area contributed by atoms with Crippen molar-refractivity contribution in [3.05, 3.63) is 28.8 Å². The lowest BCUT2D eigenvalue weighted by Crippen LogP contribution is -2.24. The fourth-order valence-electron chi connectivity index (χ4n) is 1.37. The molecule has 0 saturated carbocycles. The molecule has 0 unspecified atom stereocenters. The topological polar surface area (TPSA) is 50.8 Å². The maximum Gasteiger partial charge on any atom is 0.106 e. The molecule has 0 amide bonds. The van der Waals surface area contributed by atoms with E-state index in [1.165, 1.54) is 0 Å². The molecule has 1 aromatic carbocycles. The van der Waals surface area contributed by atoms with Crippen molar-refractivity contribution >= 4 is 28.9 Å². The molecule has 0 spiro atoms. The van der Waals surface area contributed by atoms with Crippen LogP contribution in [0.25, 0.3) is 0 Å². The Morgan fingerprint density at radius 3 is 2.31 bits per heavy atom. The van der Waals surface area contributed by atoms with Gasteiger partial charge >= 0.3 is 0 Å². The second kappa shape index (κ2) is 6.23. The molecule has 0 aliphatic heterocycles. The Morgan fingerprint density at radius 2 is 1.81 bits per heavy atom. The van der Waals surface area contributed by atoms with Gasteiger partial charge in [0.15, 0.2) is 0 Å². The zero-order valence-corrected chi connectivity index (χ0v) is 9.96. The van der Waals surface area contributed by atoms with Crippen LogP contribution < -0.4 is 4.90 Å². The third kappa shape index (κ3) is 3.03. The van der Waals surface area contributed by atoms with Crippen molar-refractivity contribution in [1.82, 2.24) is 0 Å². The standard InChI is InChI=1S/C11H9Cl2N3/c12-8-9-7-10(13)1-2-11(9)16(5-3-14)6-4-15/h1-2,7H,5-6,8H2. The second-order valence-electron chi connectivity index (χ2n) is 3.08. The Labute approximate surface area is 104 Å². The van der Waals surface area contributed by atoms with E-state index >= 15 is 0 Å². The quantitative estimate of drug-likeness (QED) is 0.613. The highest BCUT2D eigenvalue weighted by molar-refractivity contribution is 6.30. The van der Waals surface area contributed by atoms with Crippen molar-refractivity contribution in [3.8, 4) is 12.1 Å². The Hall–Kier alpha value is -1.42. The molecule has 0 bridgehead atoms. The second-order valence-corrected chi connectivity index (χ2v) is 3.78. The lowest BCUT2D eigenvalue weighted by Gasteiger charge is -2.21. The largest absolute Gasteiger partial charge is 0.345 e. The van der Waals surface area contributed by atoms with Crippen molar-refractivity contribution in [1.29, 1.82) is 10.5 Å². The molecule has 0 aliphatic rings. The maximum absolute atomic E-state index is 8.68. The molecule has 0 radical (unpaired) electrons. The number of anilines is 1. The summed E-state index contributed by atoms with van der Waals surface area (Å²) in [6, 6.07) is 9.26. The normalized spacial score (nSPS) is 9.25. The predicted molar refractivity (Wildman–Crippen MR) is 64.4 cm³/mol. The van der Waals surface area contributed by atoms with Gasteiger partial charge in [0.2, 0.25) is 0 Å². The maximum atomic E-state index is 8.68. The number of nitriles is 2. The number of hydrogen-bond acceptors (Lipinski definition) is 3. The van der Waals surface area contributed by atoms with E-state index in [4.69, 9.17) is 33.7 Å². The third-order valence-corrected chi connectivity index (χ3v) is 2.57. The van der Waals surface area contributed by atoms with E-state index in [-0.39, 0.29) is 13.1 Å². The van der Waals surface area contributed by atoms with Gasteiger partial charge in [-0.25, -0.2) is 0 Å². The lowest BCUT2D eigenvalue weighted by molar-refractivity contribution is 0.957. The van der Waals surface area contributed by atoms with Crippen molar-refractivity contribution < 1.29 is 0 Å². The van der Waals surface area contributed by atoms with Crippen molar-refractivity contribution in [2.45, 2.75) is 5.88 Å². The fraction of sp³-hybridized carbons (Fsp3) is 0.273. The molecule has 16 heavy (non-hydrogen) atoms. The Kier molecular flexibility index (Phi) is 4.92. The molecule has 1 rings (SSSR count). The monoisotopic (exact) mass is 253 g/mol. The molecule has 3 nitrogen and oxygen atoms in total. The van der Waals surface area contributed by atoms with Crippen LogP contribution in [0.3, 0.4) is 0 Å². The first-order chi connectivity index (χ1) is 7.72. The van der Waals surface area contributed by atoms with Gasteiger partial charge in [0, 0.05) is 16.6 Å². The fourth-order valence-corrected chi connectivity index (χ4v) is 1.78. The van der Waals surface area contributed by atoms with E-state index in [1.807, 2.05) is 12.1 Å². The molecule has 1 aromatic rings. The summed E-state index contributed by atoms with van der Waals surface area (Å²) in [5.41, 5.74) is 1.60. The molecule has 82 valence electrons. The van der Waals surface area contributed by atoms with Crippen LogP contribution in [0.2, 0.25) is 5.02 Å². The summed E-state index contributed by atoms with van der Waals surface area (Å²) in [4.78, 5) is 1.66. The summed E-state index contributed by atoms with van der Waals surface area (Å²) in [5, 5.41) is 18.0. The van der Waals surface area contributed by atoms with E-state index < -0.39 is 0 Å². The zero-order chi connectivity index (χ0) is 12.0. The molecule has 0 aliphatic carbocycles. The minimum atomic E-state index is 0.152. The Bertz CT molecular complexity index is 430. The van der Waals surface area contributed by atoms with Gasteiger partial charge in [-0.1, -0.05) is 11.6 Å². The summed E-state index contributed by atoms with van der Waals surface area (Å²) < 4.78 is 0. The number of rotatable bonds is 4. The van der Waals surface area contributed by atoms with Crippen LogP contribution >= 0.6 is 23.2 Å². The number of alkyl halides is 1. The number of halogens is 2. The van der Waals surface area contributed by atoms with Crippen LogP contribution in [-0.2, 0) is 5.88 Å². The van der Waals surface area contributed by atoms with Crippen LogP contribution in [0, 0.1) is 22.7 Å². The zero-order valence-electron chi connectivity index (χ0n) is 8.45. The van der Waals surface area contributed by atoms with E-state index in [1.54, 1.807) is 23.1 Å². The highest BCUT2D eigenvalue weighted by Gasteiger charge is 2.10. The molecule has 0 heterocycles. The Balaban J connectivity index is 3.09. The smallest absolute Gasteiger partial charge is 0.106 e. The molecule has 0 aromatic heterocycles. The first-order valence-corrected chi connectivity index (χ1v) is 5.47. The number of nitrogens with zero attached hydrogens (tertiary/aromatic N) is 3. The average molecular weight is 254 g/mol. The van der Waals surface area contributed by atoms with Crippen molar-refractivity contribution in [3.63, 3.8) is 0 Å². The van der Waals surface area contributed by atoms with Crippen LogP contribution in [-0.4, -0.2) is 13.1 Å². The van der Waals surface area contributed by atoms with Gasteiger partial charge in [-0.3, -0.25) is 0 Å². The highest BCUT2D eigenvalue weighted by atomic mass is 35.5. The molecular formula is C11H9Cl2N3. The molecule has 0 fully saturated rings. The number of benzene rings is 1. The molecule has 0 N–H and O–H groups in total. The van der Waals surface area contributed by atoms with Gasteiger partial charge in [0.1, 0.15) is 13.1 Å². The molecule has 5 heteroatoms. The summed E-state index contributed by atoms with van der Waals surface area (Å²) in [6.45, 7) is 0.304. The Morgan fingerprint density at radius 1 is 1.19 bits per heavy atom. The molecule has 0 atom stereocenters. The highest BCUT2D eigenvalue weighted by Crippen LogP contribution is 2.25. The summed E-state index contributed by atoms with van der Waals surface area (Å²) in [5.74, 6) is 0.295. The summed E-state index contributed by atoms with van der Waals surface area (Å²) in [6.07, 6.45) is 0. The summed E-state index contributed by atoms with van der Waals surface area (Å²) >= 11 is 11.6. The van der Waals surface area contributed by atoms with Gasteiger partial charge in [0.05, 0.1) is 12.1 Å². The van der Waals surface area contributed by atoms with Crippen LogP contribution in [0.4, 0.5) is 5.69 Å². The van der Waals surface area contributed by atoms with Crippen molar-refractivity contribution in [2.24, 2.45) is 0 Å². The van der Waals surface area contributed by atoms with E-state index in [0.717, 1.165) is 11.3 Å². The van der Waals surface area contributed by atoms with Crippen molar-refractivity contribution in [2.75, 3.05) is 18.0 Å².